The normalized spacial score (nSPS) is 14.6. The highest BCUT2D eigenvalue weighted by Crippen LogP contribution is 2.08. The van der Waals surface area contributed by atoms with Crippen LogP contribution in [-0.4, -0.2) is 24.7 Å². The number of hydrogen-bond acceptors (Lipinski definition) is 3. The molecule has 1 heterocycles. The van der Waals surface area contributed by atoms with Crippen LogP contribution in [0.1, 0.15) is 20.8 Å². The van der Waals surface area contributed by atoms with Crippen molar-refractivity contribution in [3.8, 4) is 0 Å². The van der Waals surface area contributed by atoms with E-state index in [1.54, 1.807) is 0 Å². The van der Waals surface area contributed by atoms with Gasteiger partial charge in [0.05, 0.1) is 6.20 Å². The molecule has 80 valence electrons. The van der Waals surface area contributed by atoms with Crippen LogP contribution in [0.5, 0.6) is 0 Å². The summed E-state index contributed by atoms with van der Waals surface area (Å²) >= 11 is 0. The van der Waals surface area contributed by atoms with Gasteiger partial charge in [-0.05, 0) is 12.8 Å². The fourth-order valence-electron chi connectivity index (χ4n) is 0.835. The van der Waals surface area contributed by atoms with Crippen molar-refractivity contribution in [2.75, 3.05) is 0 Å². The first-order valence-corrected chi connectivity index (χ1v) is 5.93. The minimum absolute atomic E-state index is 0.0881. The zero-order chi connectivity index (χ0) is 10.8. The van der Waals surface area contributed by atoms with E-state index in [2.05, 4.69) is 14.9 Å². The number of sulfonamides is 1. The van der Waals surface area contributed by atoms with E-state index in [-0.39, 0.29) is 16.9 Å². The van der Waals surface area contributed by atoms with Crippen LogP contribution >= 0.6 is 0 Å². The number of nitrogens with one attached hydrogen (secondary N) is 2. The summed E-state index contributed by atoms with van der Waals surface area (Å²) < 4.78 is 25.8. The molecule has 0 aromatic carbocycles. The van der Waals surface area contributed by atoms with Gasteiger partial charge in [-0.3, -0.25) is 5.10 Å². The third-order valence-corrected chi connectivity index (χ3v) is 3.65. The van der Waals surface area contributed by atoms with Gasteiger partial charge in [0.15, 0.2) is 0 Å². The summed E-state index contributed by atoms with van der Waals surface area (Å²) in [6, 6.07) is -0.0881. The van der Waals surface area contributed by atoms with Crippen LogP contribution in [0.4, 0.5) is 0 Å². The summed E-state index contributed by atoms with van der Waals surface area (Å²) in [7, 11) is -3.40. The first-order valence-electron chi connectivity index (χ1n) is 4.44. The van der Waals surface area contributed by atoms with Gasteiger partial charge in [0.25, 0.3) is 0 Å². The van der Waals surface area contributed by atoms with Crippen molar-refractivity contribution in [1.29, 1.82) is 0 Å². The van der Waals surface area contributed by atoms with Gasteiger partial charge in [0.2, 0.25) is 10.0 Å². The van der Waals surface area contributed by atoms with Gasteiger partial charge in [-0.15, -0.1) is 0 Å². The lowest BCUT2D eigenvalue weighted by Crippen LogP contribution is -2.35. The Morgan fingerprint density at radius 2 is 2.07 bits per heavy atom. The molecule has 0 aliphatic carbocycles. The number of aromatic nitrogens is 2. The molecule has 2 N–H and O–H groups in total. The van der Waals surface area contributed by atoms with Crippen LogP contribution in [0, 0.1) is 5.92 Å². The van der Waals surface area contributed by atoms with Gasteiger partial charge in [-0.25, -0.2) is 13.1 Å². The molecule has 1 unspecified atom stereocenters. The standard InChI is InChI=1S/C8H15N3O2S/c1-6(2)7(3)11-14(12,13)8-4-9-10-5-8/h4-7,11H,1-3H3,(H,9,10). The van der Waals surface area contributed by atoms with Crippen molar-refractivity contribution in [2.24, 2.45) is 5.92 Å². The zero-order valence-corrected chi connectivity index (χ0v) is 9.30. The summed E-state index contributed by atoms with van der Waals surface area (Å²) in [4.78, 5) is 0.171. The van der Waals surface area contributed by atoms with Crippen molar-refractivity contribution in [3.63, 3.8) is 0 Å². The summed E-state index contributed by atoms with van der Waals surface area (Å²) in [6.45, 7) is 5.76. The third kappa shape index (κ3) is 2.55. The average molecular weight is 217 g/mol. The molecular weight excluding hydrogens is 202 g/mol. The second-order valence-corrected chi connectivity index (χ2v) is 5.30. The molecule has 0 fully saturated rings. The van der Waals surface area contributed by atoms with Gasteiger partial charge in [-0.2, -0.15) is 5.10 Å². The van der Waals surface area contributed by atoms with E-state index < -0.39 is 10.0 Å². The molecular formula is C8H15N3O2S. The van der Waals surface area contributed by atoms with E-state index >= 15 is 0 Å². The lowest BCUT2D eigenvalue weighted by atomic mass is 10.1. The minimum Gasteiger partial charge on any atom is -0.284 e. The predicted octanol–water partition coefficient (Wildman–Crippen LogP) is 0.732. The number of aromatic amines is 1. The van der Waals surface area contributed by atoms with Crippen molar-refractivity contribution in [1.82, 2.24) is 14.9 Å². The largest absolute Gasteiger partial charge is 0.284 e. The van der Waals surface area contributed by atoms with Crippen molar-refractivity contribution in [2.45, 2.75) is 31.7 Å². The lowest BCUT2D eigenvalue weighted by molar-refractivity contribution is 0.476. The maximum atomic E-state index is 11.6. The smallest absolute Gasteiger partial charge is 0.243 e. The summed E-state index contributed by atoms with van der Waals surface area (Å²) in [6.07, 6.45) is 2.64. The maximum absolute atomic E-state index is 11.6. The molecule has 0 saturated carbocycles. The van der Waals surface area contributed by atoms with E-state index in [0.717, 1.165) is 0 Å². The molecule has 0 amide bonds. The number of rotatable bonds is 4. The first-order chi connectivity index (χ1) is 6.43. The van der Waals surface area contributed by atoms with E-state index in [1.165, 1.54) is 12.4 Å². The van der Waals surface area contributed by atoms with Gasteiger partial charge >= 0.3 is 0 Å². The Bertz CT molecular complexity index is 369. The Morgan fingerprint density at radius 1 is 1.43 bits per heavy atom. The van der Waals surface area contributed by atoms with Crippen molar-refractivity contribution in [3.05, 3.63) is 12.4 Å². The second-order valence-electron chi connectivity index (χ2n) is 3.59. The van der Waals surface area contributed by atoms with Gasteiger partial charge in [0, 0.05) is 12.2 Å². The van der Waals surface area contributed by atoms with Crippen LogP contribution < -0.4 is 4.72 Å². The molecule has 0 aliphatic rings. The molecule has 0 spiro atoms. The Kier molecular flexibility index (Phi) is 3.28. The summed E-state index contributed by atoms with van der Waals surface area (Å²) in [5.74, 6) is 0.261. The Labute approximate surface area is 84.0 Å². The van der Waals surface area contributed by atoms with E-state index in [1.807, 2.05) is 20.8 Å². The Balaban J connectivity index is 2.79. The molecule has 6 heteroatoms. The van der Waals surface area contributed by atoms with Gasteiger partial charge < -0.3 is 0 Å². The van der Waals surface area contributed by atoms with E-state index in [4.69, 9.17) is 0 Å². The van der Waals surface area contributed by atoms with E-state index in [0.29, 0.717) is 0 Å². The molecule has 0 radical (unpaired) electrons. The van der Waals surface area contributed by atoms with Crippen LogP contribution in [0.15, 0.2) is 17.3 Å². The molecule has 1 aromatic heterocycles. The molecule has 0 saturated heterocycles. The van der Waals surface area contributed by atoms with Gasteiger partial charge in [0.1, 0.15) is 4.90 Å². The fraction of sp³-hybridized carbons (Fsp3) is 0.625. The predicted molar refractivity (Wildman–Crippen MR) is 53.2 cm³/mol. The van der Waals surface area contributed by atoms with E-state index in [9.17, 15) is 8.42 Å². The SMILES string of the molecule is CC(C)C(C)NS(=O)(=O)c1cn[nH]c1. The van der Waals surface area contributed by atoms with Crippen LogP contribution in [0.3, 0.4) is 0 Å². The summed E-state index contributed by atoms with van der Waals surface area (Å²) in [5.41, 5.74) is 0. The first kappa shape index (κ1) is 11.2. The Morgan fingerprint density at radius 3 is 2.50 bits per heavy atom. The molecule has 1 rings (SSSR count). The van der Waals surface area contributed by atoms with Crippen LogP contribution in [-0.2, 0) is 10.0 Å². The molecule has 5 nitrogen and oxygen atoms in total. The highest BCUT2D eigenvalue weighted by Gasteiger charge is 2.19. The minimum atomic E-state index is -3.40. The van der Waals surface area contributed by atoms with Gasteiger partial charge in [-0.1, -0.05) is 13.8 Å². The molecule has 1 aromatic rings. The zero-order valence-electron chi connectivity index (χ0n) is 8.48. The molecule has 0 bridgehead atoms. The fourth-order valence-corrected chi connectivity index (χ4v) is 2.13. The quantitative estimate of drug-likeness (QED) is 0.780. The third-order valence-electron chi connectivity index (χ3n) is 2.12. The number of hydrogen-bond donors (Lipinski definition) is 2. The molecule has 1 atom stereocenters. The van der Waals surface area contributed by atoms with Crippen LogP contribution in [0.25, 0.3) is 0 Å². The molecule has 14 heavy (non-hydrogen) atoms. The van der Waals surface area contributed by atoms with Crippen LogP contribution in [0.2, 0.25) is 0 Å². The Hall–Kier alpha value is -0.880. The average Bonchev–Trinajstić information content (AvgIpc) is 2.54. The number of H-pyrrole nitrogens is 1. The highest BCUT2D eigenvalue weighted by atomic mass is 32.2. The number of nitrogens with zero attached hydrogens (tertiary/aromatic N) is 1. The summed E-state index contributed by atoms with van der Waals surface area (Å²) in [5, 5.41) is 6.07. The second kappa shape index (κ2) is 4.10. The maximum Gasteiger partial charge on any atom is 0.243 e. The highest BCUT2D eigenvalue weighted by molar-refractivity contribution is 7.89. The monoisotopic (exact) mass is 217 g/mol. The topological polar surface area (TPSA) is 74.8 Å². The van der Waals surface area contributed by atoms with Crippen molar-refractivity contribution >= 4 is 10.0 Å². The van der Waals surface area contributed by atoms with Crippen molar-refractivity contribution < 1.29 is 8.42 Å². The lowest BCUT2D eigenvalue weighted by Gasteiger charge is -2.16. The molecule has 0 aliphatic heterocycles.